The third-order valence-electron chi connectivity index (χ3n) is 5.68. The van der Waals surface area contributed by atoms with Gasteiger partial charge in [-0.1, -0.05) is 30.7 Å². The van der Waals surface area contributed by atoms with Crippen molar-refractivity contribution < 1.29 is 8.42 Å². The molecule has 1 aliphatic rings. The first kappa shape index (κ1) is 20.7. The van der Waals surface area contributed by atoms with Crippen LogP contribution >= 0.6 is 0 Å². The standard InChI is InChI=1S/C22H26N4O3S/c23-13-12-21(26-16-24-20-7-3-2-6-19(20)22(26)27)17-8-10-18(11-9-17)30(28,29)25-14-4-1-5-15-25/h2-3,6-11,16,21H,1,4-5,12-15,23H2. The molecule has 1 atom stereocenters. The SMILES string of the molecule is NCCC(c1ccc(S(=O)(=O)N2CCCCC2)cc1)n1cnc2ccccc2c1=O. The minimum absolute atomic E-state index is 0.135. The fraction of sp³-hybridized carbons (Fsp3) is 0.364. The van der Waals surface area contributed by atoms with Gasteiger partial charge in [0, 0.05) is 13.1 Å². The zero-order valence-corrected chi connectivity index (χ0v) is 17.6. The fourth-order valence-electron chi connectivity index (χ4n) is 4.05. The van der Waals surface area contributed by atoms with Crippen molar-refractivity contribution in [2.75, 3.05) is 19.6 Å². The van der Waals surface area contributed by atoms with Crippen LogP contribution in [0.4, 0.5) is 0 Å². The Kier molecular flexibility index (Phi) is 5.99. The molecule has 7 nitrogen and oxygen atoms in total. The molecular formula is C22H26N4O3S. The van der Waals surface area contributed by atoms with E-state index in [-0.39, 0.29) is 16.5 Å². The number of nitrogens with zero attached hydrogens (tertiary/aromatic N) is 3. The molecule has 0 bridgehead atoms. The summed E-state index contributed by atoms with van der Waals surface area (Å²) < 4.78 is 29.0. The van der Waals surface area contributed by atoms with E-state index < -0.39 is 10.0 Å². The summed E-state index contributed by atoms with van der Waals surface area (Å²) in [5.74, 6) is 0. The van der Waals surface area contributed by atoms with Crippen LogP contribution in [0.1, 0.15) is 37.3 Å². The maximum Gasteiger partial charge on any atom is 0.261 e. The van der Waals surface area contributed by atoms with Crippen LogP contribution in [-0.2, 0) is 10.0 Å². The summed E-state index contributed by atoms with van der Waals surface area (Å²) in [6.07, 6.45) is 4.95. The fourth-order valence-corrected chi connectivity index (χ4v) is 5.56. The Balaban J connectivity index is 1.69. The van der Waals surface area contributed by atoms with Crippen LogP contribution in [-0.4, -0.2) is 41.9 Å². The normalized spacial score (nSPS) is 16.6. The van der Waals surface area contributed by atoms with Gasteiger partial charge in [-0.15, -0.1) is 0 Å². The van der Waals surface area contributed by atoms with Crippen molar-refractivity contribution >= 4 is 20.9 Å². The molecule has 3 aromatic rings. The summed E-state index contributed by atoms with van der Waals surface area (Å²) in [4.78, 5) is 17.7. The molecule has 2 aromatic carbocycles. The maximum absolute atomic E-state index is 13.0. The number of nitrogens with two attached hydrogens (primary N) is 1. The lowest BCUT2D eigenvalue weighted by molar-refractivity contribution is 0.346. The van der Waals surface area contributed by atoms with Crippen molar-refractivity contribution in [3.63, 3.8) is 0 Å². The largest absolute Gasteiger partial charge is 0.330 e. The van der Waals surface area contributed by atoms with Crippen molar-refractivity contribution in [1.29, 1.82) is 0 Å². The molecule has 1 saturated heterocycles. The number of benzene rings is 2. The van der Waals surface area contributed by atoms with Crippen LogP contribution in [0, 0.1) is 0 Å². The first-order valence-corrected chi connectivity index (χ1v) is 11.7. The number of para-hydroxylation sites is 1. The van der Waals surface area contributed by atoms with E-state index in [0.717, 1.165) is 24.8 Å². The number of sulfonamides is 1. The number of aromatic nitrogens is 2. The molecule has 2 N–H and O–H groups in total. The van der Waals surface area contributed by atoms with E-state index in [9.17, 15) is 13.2 Å². The van der Waals surface area contributed by atoms with Crippen molar-refractivity contribution in [1.82, 2.24) is 13.9 Å². The maximum atomic E-state index is 13.0. The monoisotopic (exact) mass is 426 g/mol. The summed E-state index contributed by atoms with van der Waals surface area (Å²) in [6, 6.07) is 13.7. The molecule has 0 spiro atoms. The number of hydrogen-bond donors (Lipinski definition) is 1. The van der Waals surface area contributed by atoms with Gasteiger partial charge in [0.25, 0.3) is 5.56 Å². The van der Waals surface area contributed by atoms with E-state index in [1.807, 2.05) is 12.1 Å². The molecule has 1 aromatic heterocycles. The van der Waals surface area contributed by atoms with Crippen LogP contribution in [0.25, 0.3) is 10.9 Å². The second-order valence-corrected chi connectivity index (χ2v) is 9.54. The Labute approximate surface area is 176 Å². The van der Waals surface area contributed by atoms with Gasteiger partial charge in [0.05, 0.1) is 28.2 Å². The molecule has 1 unspecified atom stereocenters. The smallest absolute Gasteiger partial charge is 0.261 e. The van der Waals surface area contributed by atoms with E-state index in [4.69, 9.17) is 5.73 Å². The van der Waals surface area contributed by atoms with Crippen LogP contribution < -0.4 is 11.3 Å². The van der Waals surface area contributed by atoms with Crippen LogP contribution in [0.2, 0.25) is 0 Å². The molecule has 8 heteroatoms. The van der Waals surface area contributed by atoms with Gasteiger partial charge < -0.3 is 5.73 Å². The van der Waals surface area contributed by atoms with Gasteiger partial charge >= 0.3 is 0 Å². The molecule has 0 saturated carbocycles. The van der Waals surface area contributed by atoms with Gasteiger partial charge in [-0.2, -0.15) is 4.31 Å². The molecule has 1 aliphatic heterocycles. The van der Waals surface area contributed by atoms with Gasteiger partial charge in [0.15, 0.2) is 0 Å². The first-order chi connectivity index (χ1) is 14.5. The quantitative estimate of drug-likeness (QED) is 0.653. The van der Waals surface area contributed by atoms with E-state index in [1.165, 1.54) is 0 Å². The number of piperidine rings is 1. The van der Waals surface area contributed by atoms with Crippen LogP contribution in [0.5, 0.6) is 0 Å². The molecule has 158 valence electrons. The van der Waals surface area contributed by atoms with Crippen molar-refractivity contribution in [2.45, 2.75) is 36.6 Å². The predicted molar refractivity (Wildman–Crippen MR) is 117 cm³/mol. The van der Waals surface area contributed by atoms with E-state index in [2.05, 4.69) is 4.98 Å². The minimum atomic E-state index is -3.49. The first-order valence-electron chi connectivity index (χ1n) is 10.3. The zero-order chi connectivity index (χ0) is 21.1. The third kappa shape index (κ3) is 3.90. The lowest BCUT2D eigenvalue weighted by Gasteiger charge is -2.26. The summed E-state index contributed by atoms with van der Waals surface area (Å²) in [6.45, 7) is 1.52. The van der Waals surface area contributed by atoms with Gasteiger partial charge in [-0.25, -0.2) is 13.4 Å². The molecule has 30 heavy (non-hydrogen) atoms. The minimum Gasteiger partial charge on any atom is -0.330 e. The average molecular weight is 427 g/mol. The Morgan fingerprint density at radius 3 is 2.40 bits per heavy atom. The summed E-state index contributed by atoms with van der Waals surface area (Å²) in [5.41, 5.74) is 7.17. The highest BCUT2D eigenvalue weighted by Crippen LogP contribution is 2.25. The zero-order valence-electron chi connectivity index (χ0n) is 16.8. The number of hydrogen-bond acceptors (Lipinski definition) is 5. The second kappa shape index (κ2) is 8.67. The Bertz CT molecular complexity index is 1180. The third-order valence-corrected chi connectivity index (χ3v) is 7.60. The highest BCUT2D eigenvalue weighted by Gasteiger charge is 2.26. The van der Waals surface area contributed by atoms with E-state index >= 15 is 0 Å². The Morgan fingerprint density at radius 1 is 1.00 bits per heavy atom. The molecule has 0 aliphatic carbocycles. The van der Waals surface area contributed by atoms with Crippen molar-refractivity contribution in [3.8, 4) is 0 Å². The topological polar surface area (TPSA) is 98.3 Å². The molecule has 0 amide bonds. The Morgan fingerprint density at radius 2 is 1.70 bits per heavy atom. The summed E-state index contributed by atoms with van der Waals surface area (Å²) in [5, 5.41) is 0.548. The van der Waals surface area contributed by atoms with Crippen LogP contribution in [0.3, 0.4) is 0 Å². The van der Waals surface area contributed by atoms with Crippen molar-refractivity contribution in [2.24, 2.45) is 5.73 Å². The second-order valence-electron chi connectivity index (χ2n) is 7.60. The Hall–Kier alpha value is -2.55. The van der Waals surface area contributed by atoms with E-state index in [0.29, 0.717) is 37.0 Å². The lowest BCUT2D eigenvalue weighted by atomic mass is 10.0. The summed E-state index contributed by atoms with van der Waals surface area (Å²) in [7, 11) is -3.49. The molecule has 2 heterocycles. The highest BCUT2D eigenvalue weighted by atomic mass is 32.2. The van der Waals surface area contributed by atoms with Crippen LogP contribution in [0.15, 0.2) is 64.5 Å². The molecule has 4 rings (SSSR count). The molecule has 1 fully saturated rings. The van der Waals surface area contributed by atoms with Crippen molar-refractivity contribution in [3.05, 3.63) is 70.8 Å². The predicted octanol–water partition coefficient (Wildman–Crippen LogP) is 2.51. The van der Waals surface area contributed by atoms with E-state index in [1.54, 1.807) is 51.6 Å². The summed E-state index contributed by atoms with van der Waals surface area (Å²) >= 11 is 0. The molecule has 0 radical (unpaired) electrons. The van der Waals surface area contributed by atoms with Gasteiger partial charge in [0.2, 0.25) is 10.0 Å². The molecular weight excluding hydrogens is 400 g/mol. The average Bonchev–Trinajstić information content (AvgIpc) is 2.79. The van der Waals surface area contributed by atoms with Gasteiger partial charge in [-0.3, -0.25) is 9.36 Å². The highest BCUT2D eigenvalue weighted by molar-refractivity contribution is 7.89. The number of rotatable bonds is 6. The van der Waals surface area contributed by atoms with Gasteiger partial charge in [-0.05, 0) is 55.6 Å². The number of fused-ring (bicyclic) bond motifs is 1. The van der Waals surface area contributed by atoms with Gasteiger partial charge in [0.1, 0.15) is 0 Å². The lowest BCUT2D eigenvalue weighted by Crippen LogP contribution is -2.35.